The molecule has 0 spiro atoms. The largest absolute Gasteiger partial charge is 0.450 e. The predicted octanol–water partition coefficient (Wildman–Crippen LogP) is 1.65. The van der Waals surface area contributed by atoms with Crippen molar-refractivity contribution in [1.82, 2.24) is 4.90 Å². The van der Waals surface area contributed by atoms with Crippen molar-refractivity contribution in [2.75, 3.05) is 13.1 Å². The van der Waals surface area contributed by atoms with E-state index in [4.69, 9.17) is 4.42 Å². The van der Waals surface area contributed by atoms with Gasteiger partial charge >= 0.3 is 0 Å². The highest BCUT2D eigenvalue weighted by molar-refractivity contribution is 9.10. The normalized spacial score (nSPS) is 18.8. The molecule has 2 heterocycles. The molecule has 1 aromatic heterocycles. The van der Waals surface area contributed by atoms with Crippen LogP contribution >= 0.6 is 15.9 Å². The number of halogens is 1. The molecule has 0 bridgehead atoms. The summed E-state index contributed by atoms with van der Waals surface area (Å²) in [6.45, 7) is 2.49. The van der Waals surface area contributed by atoms with Gasteiger partial charge in [0.25, 0.3) is 0 Å². The molecule has 1 N–H and O–H groups in total. The summed E-state index contributed by atoms with van der Waals surface area (Å²) in [4.78, 5) is 13.1. The number of β-amino-alcohol motifs (C(OH)–C–C–N with tert-alkyl or cyclic N) is 1. The van der Waals surface area contributed by atoms with Crippen LogP contribution in [0.2, 0.25) is 0 Å². The fourth-order valence-corrected chi connectivity index (χ4v) is 1.93. The minimum Gasteiger partial charge on any atom is -0.450 e. The number of aliphatic hydroxyl groups is 1. The number of carbonyl (C=O) groups is 1. The van der Waals surface area contributed by atoms with Crippen LogP contribution in [0, 0.1) is 0 Å². The number of furan rings is 1. The van der Waals surface area contributed by atoms with E-state index in [-0.39, 0.29) is 5.91 Å². The van der Waals surface area contributed by atoms with Gasteiger partial charge < -0.3 is 14.4 Å². The molecule has 0 aliphatic carbocycles. The molecule has 1 saturated heterocycles. The highest BCUT2D eigenvalue weighted by Gasteiger charge is 2.38. The van der Waals surface area contributed by atoms with E-state index >= 15 is 0 Å². The Balaban J connectivity index is 1.91. The van der Waals surface area contributed by atoms with Crippen molar-refractivity contribution in [2.24, 2.45) is 0 Å². The van der Waals surface area contributed by atoms with E-state index < -0.39 is 5.60 Å². The van der Waals surface area contributed by atoms with Gasteiger partial charge in [0, 0.05) is 6.08 Å². The summed E-state index contributed by atoms with van der Waals surface area (Å²) in [6, 6.07) is 3.53. The molecule has 1 fully saturated rings. The molecular weight excluding hydrogens is 274 g/mol. The number of amides is 1. The highest BCUT2D eigenvalue weighted by atomic mass is 79.9. The first-order valence-corrected chi connectivity index (χ1v) is 5.70. The lowest BCUT2D eigenvalue weighted by Gasteiger charge is -2.43. The average Bonchev–Trinajstić information content (AvgIpc) is 2.57. The van der Waals surface area contributed by atoms with Crippen LogP contribution in [-0.2, 0) is 4.79 Å². The molecule has 16 heavy (non-hydrogen) atoms. The second kappa shape index (κ2) is 4.07. The lowest BCUT2D eigenvalue weighted by Crippen LogP contribution is -2.61. The summed E-state index contributed by atoms with van der Waals surface area (Å²) in [6.07, 6.45) is 3.06. The lowest BCUT2D eigenvalue weighted by atomic mass is 9.97. The monoisotopic (exact) mass is 285 g/mol. The molecule has 1 aromatic rings. The Hall–Kier alpha value is -1.07. The lowest BCUT2D eigenvalue weighted by molar-refractivity contribution is -0.146. The Morgan fingerprint density at radius 2 is 2.31 bits per heavy atom. The molecule has 0 radical (unpaired) electrons. The third kappa shape index (κ3) is 2.54. The van der Waals surface area contributed by atoms with Gasteiger partial charge in [-0.25, -0.2) is 0 Å². The molecular formula is C11H12BrNO3. The Bertz CT molecular complexity index is 428. The van der Waals surface area contributed by atoms with Gasteiger partial charge in [0.1, 0.15) is 5.76 Å². The van der Waals surface area contributed by atoms with Crippen molar-refractivity contribution in [3.63, 3.8) is 0 Å². The highest BCUT2D eigenvalue weighted by Crippen LogP contribution is 2.20. The molecule has 1 aliphatic rings. The third-order valence-electron chi connectivity index (χ3n) is 2.36. The molecule has 0 saturated carbocycles. The van der Waals surface area contributed by atoms with E-state index in [1.165, 1.54) is 6.08 Å². The number of likely N-dealkylation sites (tertiary alicyclic amines) is 1. The summed E-state index contributed by atoms with van der Waals surface area (Å²) >= 11 is 3.18. The number of rotatable bonds is 2. The Morgan fingerprint density at radius 1 is 1.62 bits per heavy atom. The summed E-state index contributed by atoms with van der Waals surface area (Å²) in [5.74, 6) is 0.506. The van der Waals surface area contributed by atoms with Gasteiger partial charge in [-0.05, 0) is 41.1 Å². The summed E-state index contributed by atoms with van der Waals surface area (Å²) in [5, 5.41) is 9.48. The molecule has 4 nitrogen and oxygen atoms in total. The summed E-state index contributed by atoms with van der Waals surface area (Å²) < 4.78 is 5.85. The van der Waals surface area contributed by atoms with Crippen LogP contribution in [0.15, 0.2) is 27.3 Å². The van der Waals surface area contributed by atoms with Gasteiger partial charge in [0.05, 0.1) is 18.7 Å². The Labute approximate surface area is 102 Å². The van der Waals surface area contributed by atoms with E-state index in [2.05, 4.69) is 15.9 Å². The number of hydrogen-bond acceptors (Lipinski definition) is 3. The van der Waals surface area contributed by atoms with Gasteiger partial charge in [0.15, 0.2) is 4.67 Å². The van der Waals surface area contributed by atoms with Crippen molar-refractivity contribution in [3.05, 3.63) is 28.6 Å². The fourth-order valence-electron chi connectivity index (χ4n) is 1.61. The average molecular weight is 286 g/mol. The van der Waals surface area contributed by atoms with Crippen LogP contribution in [0.5, 0.6) is 0 Å². The quantitative estimate of drug-likeness (QED) is 0.841. The first-order valence-electron chi connectivity index (χ1n) is 4.91. The first kappa shape index (κ1) is 11.4. The molecule has 5 heteroatoms. The number of nitrogens with zero attached hydrogens (tertiary/aromatic N) is 1. The van der Waals surface area contributed by atoms with Crippen LogP contribution in [0.4, 0.5) is 0 Å². The van der Waals surface area contributed by atoms with Crippen LogP contribution in [0.3, 0.4) is 0 Å². The SMILES string of the molecule is CC1(O)CN(C(=O)C=Cc2ccc(Br)o2)C1. The second-order valence-electron chi connectivity index (χ2n) is 4.17. The molecule has 0 aromatic carbocycles. The summed E-state index contributed by atoms with van der Waals surface area (Å²) in [7, 11) is 0. The zero-order valence-electron chi connectivity index (χ0n) is 8.81. The third-order valence-corrected chi connectivity index (χ3v) is 2.79. The van der Waals surface area contributed by atoms with Gasteiger partial charge in [-0.3, -0.25) is 4.79 Å². The van der Waals surface area contributed by atoms with Crippen LogP contribution < -0.4 is 0 Å². The van der Waals surface area contributed by atoms with E-state index in [1.54, 1.807) is 30.0 Å². The molecule has 0 atom stereocenters. The smallest absolute Gasteiger partial charge is 0.246 e. The second-order valence-corrected chi connectivity index (χ2v) is 4.95. The van der Waals surface area contributed by atoms with E-state index in [9.17, 15) is 9.90 Å². The molecule has 1 aliphatic heterocycles. The van der Waals surface area contributed by atoms with Crippen LogP contribution in [0.25, 0.3) is 6.08 Å². The minimum absolute atomic E-state index is 0.112. The van der Waals surface area contributed by atoms with Gasteiger partial charge in [0.2, 0.25) is 5.91 Å². The maximum Gasteiger partial charge on any atom is 0.246 e. The molecule has 2 rings (SSSR count). The van der Waals surface area contributed by atoms with Crippen molar-refractivity contribution in [3.8, 4) is 0 Å². The number of hydrogen-bond donors (Lipinski definition) is 1. The Kier molecular flexibility index (Phi) is 2.90. The molecule has 0 unspecified atom stereocenters. The van der Waals surface area contributed by atoms with Crippen LogP contribution in [0.1, 0.15) is 12.7 Å². The zero-order chi connectivity index (χ0) is 11.8. The minimum atomic E-state index is -0.725. The zero-order valence-corrected chi connectivity index (χ0v) is 10.4. The van der Waals surface area contributed by atoms with E-state index in [0.29, 0.717) is 23.5 Å². The molecule has 1 amide bonds. The molecule has 86 valence electrons. The fraction of sp³-hybridized carbons (Fsp3) is 0.364. The topological polar surface area (TPSA) is 53.7 Å². The van der Waals surface area contributed by atoms with Crippen molar-refractivity contribution in [1.29, 1.82) is 0 Å². The standard InChI is InChI=1S/C11H12BrNO3/c1-11(15)6-13(7-11)10(14)5-3-8-2-4-9(12)16-8/h2-5,15H,6-7H2,1H3. The van der Waals surface area contributed by atoms with Gasteiger partial charge in [-0.2, -0.15) is 0 Å². The Morgan fingerprint density at radius 3 is 2.81 bits per heavy atom. The van der Waals surface area contributed by atoms with E-state index in [0.717, 1.165) is 0 Å². The van der Waals surface area contributed by atoms with E-state index in [1.807, 2.05) is 0 Å². The number of carbonyl (C=O) groups excluding carboxylic acids is 1. The van der Waals surface area contributed by atoms with Crippen LogP contribution in [-0.4, -0.2) is 34.6 Å². The maximum atomic E-state index is 11.6. The predicted molar refractivity (Wildman–Crippen MR) is 62.6 cm³/mol. The summed E-state index contributed by atoms with van der Waals surface area (Å²) in [5.41, 5.74) is -0.725. The van der Waals surface area contributed by atoms with Crippen molar-refractivity contribution < 1.29 is 14.3 Å². The van der Waals surface area contributed by atoms with Gasteiger partial charge in [-0.15, -0.1) is 0 Å². The van der Waals surface area contributed by atoms with Crippen molar-refractivity contribution in [2.45, 2.75) is 12.5 Å². The maximum absolute atomic E-state index is 11.6. The first-order chi connectivity index (χ1) is 7.46. The van der Waals surface area contributed by atoms with Gasteiger partial charge in [-0.1, -0.05) is 0 Å². The van der Waals surface area contributed by atoms with Crippen molar-refractivity contribution >= 4 is 27.9 Å².